The number of thiazole rings is 1. The second kappa shape index (κ2) is 5.02. The maximum absolute atomic E-state index is 6.09. The Morgan fingerprint density at radius 3 is 2.65 bits per heavy atom. The van der Waals surface area contributed by atoms with Gasteiger partial charge in [-0.3, -0.25) is 0 Å². The first-order valence-corrected chi connectivity index (χ1v) is 7.05. The fraction of sp³-hybridized carbons (Fsp3) is 0.133. The molecule has 1 aromatic heterocycles. The van der Waals surface area contributed by atoms with Crippen molar-refractivity contribution in [3.05, 3.63) is 41.4 Å². The molecule has 1 heterocycles. The number of rotatable bonds is 3. The highest BCUT2D eigenvalue weighted by atomic mass is 32.1. The highest BCUT2D eigenvalue weighted by molar-refractivity contribution is 7.18. The summed E-state index contributed by atoms with van der Waals surface area (Å²) in [6, 6.07) is 11.7. The van der Waals surface area contributed by atoms with Gasteiger partial charge in [-0.15, -0.1) is 11.3 Å². The van der Waals surface area contributed by atoms with E-state index in [1.165, 1.54) is 0 Å². The molecule has 0 aliphatic carbocycles. The lowest BCUT2D eigenvalue weighted by Crippen LogP contribution is -1.96. The molecule has 0 radical (unpaired) electrons. The molecule has 0 fully saturated rings. The summed E-state index contributed by atoms with van der Waals surface area (Å²) in [4.78, 5) is 4.49. The van der Waals surface area contributed by atoms with Gasteiger partial charge in [0, 0.05) is 5.69 Å². The second-order valence-electron chi connectivity index (χ2n) is 4.49. The lowest BCUT2D eigenvalue weighted by Gasteiger charge is -2.10. The lowest BCUT2D eigenvalue weighted by molar-refractivity contribution is 0.415. The molecule has 3 aromatic rings. The molecule has 5 heteroatoms. The number of nitrogen functional groups attached to an aromatic ring is 1. The summed E-state index contributed by atoms with van der Waals surface area (Å²) < 4.78 is 6.25. The van der Waals surface area contributed by atoms with Gasteiger partial charge in [0.2, 0.25) is 0 Å². The van der Waals surface area contributed by atoms with Gasteiger partial charge in [-0.2, -0.15) is 0 Å². The Balaban J connectivity index is 1.94. The van der Waals surface area contributed by atoms with E-state index in [0.29, 0.717) is 0 Å². The summed E-state index contributed by atoms with van der Waals surface area (Å²) in [5.74, 6) is 0.828. The van der Waals surface area contributed by atoms with Crippen molar-refractivity contribution in [3.63, 3.8) is 0 Å². The molecule has 0 bridgehead atoms. The molecule has 0 atom stereocenters. The van der Waals surface area contributed by atoms with Crippen LogP contribution in [0.2, 0.25) is 0 Å². The smallest absolute Gasteiger partial charge is 0.119 e. The first kappa shape index (κ1) is 12.7. The Hall–Kier alpha value is -2.27. The molecule has 0 aliphatic rings. The molecular weight excluding hydrogens is 270 g/mol. The van der Waals surface area contributed by atoms with Crippen LogP contribution < -0.4 is 15.8 Å². The van der Waals surface area contributed by atoms with E-state index in [9.17, 15) is 0 Å². The van der Waals surface area contributed by atoms with Gasteiger partial charge in [-0.25, -0.2) is 4.98 Å². The van der Waals surface area contributed by atoms with Crippen LogP contribution in [0.5, 0.6) is 5.75 Å². The largest absolute Gasteiger partial charge is 0.497 e. The zero-order valence-electron chi connectivity index (χ0n) is 11.3. The third-order valence-electron chi connectivity index (χ3n) is 3.04. The van der Waals surface area contributed by atoms with Crippen molar-refractivity contribution in [2.75, 3.05) is 18.2 Å². The Bertz CT molecular complexity index is 750. The van der Waals surface area contributed by atoms with Crippen LogP contribution in [0.4, 0.5) is 17.1 Å². The van der Waals surface area contributed by atoms with Crippen LogP contribution in [0.1, 0.15) is 5.01 Å². The number of methoxy groups -OCH3 is 1. The summed E-state index contributed by atoms with van der Waals surface area (Å²) in [6.45, 7) is 2.00. The number of nitrogens with two attached hydrogens (primary N) is 1. The predicted molar refractivity (Wildman–Crippen MR) is 85.0 cm³/mol. The molecule has 0 saturated heterocycles. The fourth-order valence-electron chi connectivity index (χ4n) is 2.04. The number of nitrogens with zero attached hydrogens (tertiary/aromatic N) is 1. The Morgan fingerprint density at radius 2 is 1.95 bits per heavy atom. The minimum atomic E-state index is 0.719. The van der Waals surface area contributed by atoms with Crippen molar-refractivity contribution in [2.45, 2.75) is 6.92 Å². The van der Waals surface area contributed by atoms with Crippen LogP contribution in [0, 0.1) is 6.92 Å². The average molecular weight is 285 g/mol. The van der Waals surface area contributed by atoms with Gasteiger partial charge < -0.3 is 15.8 Å². The number of aromatic nitrogens is 1. The van der Waals surface area contributed by atoms with E-state index in [-0.39, 0.29) is 0 Å². The first-order chi connectivity index (χ1) is 9.65. The number of benzene rings is 2. The van der Waals surface area contributed by atoms with Gasteiger partial charge in [-0.05, 0) is 43.3 Å². The van der Waals surface area contributed by atoms with Crippen molar-refractivity contribution >= 4 is 38.6 Å². The van der Waals surface area contributed by atoms with Gasteiger partial charge >= 0.3 is 0 Å². The van der Waals surface area contributed by atoms with Gasteiger partial charge in [0.25, 0.3) is 0 Å². The number of aryl methyl sites for hydroxylation is 1. The maximum atomic E-state index is 6.09. The first-order valence-electron chi connectivity index (χ1n) is 6.23. The average Bonchev–Trinajstić information content (AvgIpc) is 2.79. The van der Waals surface area contributed by atoms with Gasteiger partial charge in [-0.1, -0.05) is 0 Å². The molecule has 0 unspecified atom stereocenters. The molecule has 2 aromatic carbocycles. The zero-order valence-corrected chi connectivity index (χ0v) is 12.1. The third-order valence-corrected chi connectivity index (χ3v) is 3.97. The van der Waals surface area contributed by atoms with Crippen molar-refractivity contribution in [2.24, 2.45) is 0 Å². The van der Waals surface area contributed by atoms with E-state index in [0.717, 1.165) is 38.0 Å². The molecule has 3 rings (SSSR count). The summed E-state index contributed by atoms with van der Waals surface area (Å²) in [6.07, 6.45) is 0. The minimum absolute atomic E-state index is 0.719. The summed E-state index contributed by atoms with van der Waals surface area (Å²) in [7, 11) is 1.65. The van der Waals surface area contributed by atoms with Crippen LogP contribution in [-0.4, -0.2) is 12.1 Å². The summed E-state index contributed by atoms with van der Waals surface area (Å²) in [5.41, 5.74) is 9.61. The van der Waals surface area contributed by atoms with E-state index in [2.05, 4.69) is 10.3 Å². The second-order valence-corrected chi connectivity index (χ2v) is 5.73. The Morgan fingerprint density at radius 1 is 1.20 bits per heavy atom. The lowest BCUT2D eigenvalue weighted by atomic mass is 10.2. The van der Waals surface area contributed by atoms with Crippen molar-refractivity contribution in [3.8, 4) is 5.75 Å². The number of hydrogen-bond donors (Lipinski definition) is 2. The maximum Gasteiger partial charge on any atom is 0.119 e. The number of hydrogen-bond acceptors (Lipinski definition) is 5. The summed E-state index contributed by atoms with van der Waals surface area (Å²) >= 11 is 1.65. The van der Waals surface area contributed by atoms with E-state index in [1.807, 2.05) is 43.3 Å². The quantitative estimate of drug-likeness (QED) is 0.716. The Labute approximate surface area is 121 Å². The molecule has 0 spiro atoms. The van der Waals surface area contributed by atoms with E-state index in [1.54, 1.807) is 18.4 Å². The predicted octanol–water partition coefficient (Wildman–Crippen LogP) is 3.94. The standard InChI is InChI=1S/C15H15N3OS/c1-9-17-14-8-13(12(16)7-15(14)20-9)18-10-3-5-11(19-2)6-4-10/h3-8,18H,16H2,1-2H3. The van der Waals surface area contributed by atoms with Crippen LogP contribution in [0.3, 0.4) is 0 Å². The van der Waals surface area contributed by atoms with E-state index >= 15 is 0 Å². The Kier molecular flexibility index (Phi) is 3.20. The molecule has 102 valence electrons. The normalized spacial score (nSPS) is 10.7. The van der Waals surface area contributed by atoms with Crippen molar-refractivity contribution in [1.29, 1.82) is 0 Å². The number of nitrogens with one attached hydrogen (secondary N) is 1. The molecule has 0 aliphatic heterocycles. The van der Waals surface area contributed by atoms with Crippen molar-refractivity contribution in [1.82, 2.24) is 4.98 Å². The van der Waals surface area contributed by atoms with Gasteiger partial charge in [0.05, 0.1) is 33.7 Å². The number of ether oxygens (including phenoxy) is 1. The highest BCUT2D eigenvalue weighted by Gasteiger charge is 2.06. The number of fused-ring (bicyclic) bond motifs is 1. The molecular formula is C15H15N3OS. The monoisotopic (exact) mass is 285 g/mol. The van der Waals surface area contributed by atoms with Crippen LogP contribution in [-0.2, 0) is 0 Å². The molecule has 20 heavy (non-hydrogen) atoms. The van der Waals surface area contributed by atoms with Crippen LogP contribution in [0.15, 0.2) is 36.4 Å². The number of anilines is 3. The van der Waals surface area contributed by atoms with Crippen LogP contribution in [0.25, 0.3) is 10.2 Å². The molecule has 0 amide bonds. The summed E-state index contributed by atoms with van der Waals surface area (Å²) in [5, 5.41) is 4.35. The van der Waals surface area contributed by atoms with Gasteiger partial charge in [0.15, 0.2) is 0 Å². The van der Waals surface area contributed by atoms with Crippen LogP contribution >= 0.6 is 11.3 Å². The zero-order chi connectivity index (χ0) is 14.1. The fourth-order valence-corrected chi connectivity index (χ4v) is 2.90. The molecule has 4 nitrogen and oxygen atoms in total. The molecule has 3 N–H and O–H groups in total. The minimum Gasteiger partial charge on any atom is -0.497 e. The van der Waals surface area contributed by atoms with Crippen molar-refractivity contribution < 1.29 is 4.74 Å². The van der Waals surface area contributed by atoms with E-state index < -0.39 is 0 Å². The SMILES string of the molecule is COc1ccc(Nc2cc3nc(C)sc3cc2N)cc1. The third kappa shape index (κ3) is 2.40. The highest BCUT2D eigenvalue weighted by Crippen LogP contribution is 2.31. The van der Waals surface area contributed by atoms with E-state index in [4.69, 9.17) is 10.5 Å². The van der Waals surface area contributed by atoms with Gasteiger partial charge in [0.1, 0.15) is 5.75 Å². The topological polar surface area (TPSA) is 60.2 Å². The molecule has 0 saturated carbocycles.